The molecular formula is C20H23N5O. The highest BCUT2D eigenvalue weighted by Gasteiger charge is 2.09. The van der Waals surface area contributed by atoms with E-state index < -0.39 is 0 Å². The van der Waals surface area contributed by atoms with E-state index in [-0.39, 0.29) is 18.5 Å². The summed E-state index contributed by atoms with van der Waals surface area (Å²) in [5.41, 5.74) is 4.32. The van der Waals surface area contributed by atoms with Crippen molar-refractivity contribution in [2.24, 2.45) is 0 Å². The first-order valence-electron chi connectivity index (χ1n) is 8.64. The van der Waals surface area contributed by atoms with Gasteiger partial charge in [0.25, 0.3) is 0 Å². The number of anilines is 1. The largest absolute Gasteiger partial charge is 0.376 e. The van der Waals surface area contributed by atoms with Gasteiger partial charge < -0.3 is 10.6 Å². The van der Waals surface area contributed by atoms with Crippen molar-refractivity contribution >= 4 is 11.6 Å². The van der Waals surface area contributed by atoms with Crippen molar-refractivity contribution in [3.05, 3.63) is 72.3 Å². The zero-order valence-electron chi connectivity index (χ0n) is 15.0. The number of nitrogens with one attached hydrogen (secondary N) is 2. The zero-order chi connectivity index (χ0) is 18.4. The fourth-order valence-corrected chi connectivity index (χ4v) is 2.80. The maximum atomic E-state index is 12.2. The van der Waals surface area contributed by atoms with Crippen LogP contribution in [0.15, 0.2) is 61.2 Å². The Morgan fingerprint density at radius 3 is 2.62 bits per heavy atom. The summed E-state index contributed by atoms with van der Waals surface area (Å²) in [4.78, 5) is 16.1. The molecule has 0 aliphatic carbocycles. The van der Waals surface area contributed by atoms with Gasteiger partial charge in [0.05, 0.1) is 12.2 Å². The van der Waals surface area contributed by atoms with Crippen LogP contribution in [-0.2, 0) is 11.2 Å². The molecule has 1 heterocycles. The molecule has 0 saturated carbocycles. The molecule has 0 radical (unpaired) electrons. The van der Waals surface area contributed by atoms with Gasteiger partial charge in [0.15, 0.2) is 0 Å². The molecule has 0 fully saturated rings. The number of rotatable bonds is 7. The average molecular weight is 349 g/mol. The van der Waals surface area contributed by atoms with E-state index in [0.717, 1.165) is 17.8 Å². The number of hydrogen-bond acceptors (Lipinski definition) is 4. The van der Waals surface area contributed by atoms with Gasteiger partial charge in [-0.25, -0.2) is 9.67 Å². The van der Waals surface area contributed by atoms with Crippen molar-refractivity contribution < 1.29 is 4.79 Å². The number of amides is 1. The van der Waals surface area contributed by atoms with Gasteiger partial charge in [-0.1, -0.05) is 24.3 Å². The van der Waals surface area contributed by atoms with E-state index in [9.17, 15) is 4.79 Å². The normalized spacial score (nSPS) is 11.8. The topological polar surface area (TPSA) is 71.8 Å². The average Bonchev–Trinajstić information content (AvgIpc) is 3.17. The Morgan fingerprint density at radius 1 is 1.15 bits per heavy atom. The van der Waals surface area contributed by atoms with Crippen LogP contribution in [0.4, 0.5) is 5.69 Å². The van der Waals surface area contributed by atoms with Crippen molar-refractivity contribution in [1.82, 2.24) is 20.1 Å². The molecule has 6 heteroatoms. The molecule has 2 aromatic carbocycles. The predicted octanol–water partition coefficient (Wildman–Crippen LogP) is 2.74. The Morgan fingerprint density at radius 2 is 1.92 bits per heavy atom. The lowest BCUT2D eigenvalue weighted by molar-refractivity contribution is -0.119. The van der Waals surface area contributed by atoms with Crippen LogP contribution in [0.5, 0.6) is 0 Å². The number of aromatic nitrogens is 3. The molecule has 3 aromatic rings. The summed E-state index contributed by atoms with van der Waals surface area (Å²) in [7, 11) is 0. The SMILES string of the molecule is Cc1ccccc1C[C@H](C)NC(=O)CNc1ccc(-n2cncn2)cc1. The van der Waals surface area contributed by atoms with Gasteiger partial charge in [0, 0.05) is 11.7 Å². The lowest BCUT2D eigenvalue weighted by Gasteiger charge is -2.16. The summed E-state index contributed by atoms with van der Waals surface area (Å²) in [6, 6.07) is 16.0. The highest BCUT2D eigenvalue weighted by atomic mass is 16.1. The monoisotopic (exact) mass is 349 g/mol. The summed E-state index contributed by atoms with van der Waals surface area (Å²) < 4.78 is 1.68. The van der Waals surface area contributed by atoms with Gasteiger partial charge in [-0.3, -0.25) is 4.79 Å². The molecule has 1 amide bonds. The second kappa shape index (κ2) is 8.29. The molecule has 0 bridgehead atoms. The summed E-state index contributed by atoms with van der Waals surface area (Å²) in [6.07, 6.45) is 3.96. The summed E-state index contributed by atoms with van der Waals surface area (Å²) in [5, 5.41) is 10.3. The van der Waals surface area contributed by atoms with Crippen molar-refractivity contribution in [2.75, 3.05) is 11.9 Å². The minimum Gasteiger partial charge on any atom is -0.376 e. The van der Waals surface area contributed by atoms with Gasteiger partial charge in [0.1, 0.15) is 12.7 Å². The standard InChI is InChI=1S/C20H23N5O/c1-15-5-3-4-6-17(15)11-16(2)24-20(26)12-22-18-7-9-19(10-8-18)25-14-21-13-23-25/h3-10,13-14,16,22H,11-12H2,1-2H3,(H,24,26)/t16-/m0/s1. The molecule has 0 aliphatic heterocycles. The Labute approximate surface area is 153 Å². The Hall–Kier alpha value is -3.15. The molecular weight excluding hydrogens is 326 g/mol. The van der Waals surface area contributed by atoms with Crippen LogP contribution in [-0.4, -0.2) is 33.3 Å². The van der Waals surface area contributed by atoms with Crippen LogP contribution in [0.1, 0.15) is 18.1 Å². The molecule has 0 aliphatic rings. The van der Waals surface area contributed by atoms with E-state index in [0.29, 0.717) is 0 Å². The lowest BCUT2D eigenvalue weighted by Crippen LogP contribution is -2.37. The second-order valence-electron chi connectivity index (χ2n) is 6.34. The van der Waals surface area contributed by atoms with E-state index >= 15 is 0 Å². The lowest BCUT2D eigenvalue weighted by atomic mass is 10.0. The molecule has 6 nitrogen and oxygen atoms in total. The van der Waals surface area contributed by atoms with Gasteiger partial charge in [-0.2, -0.15) is 5.10 Å². The highest BCUT2D eigenvalue weighted by Crippen LogP contribution is 2.12. The van der Waals surface area contributed by atoms with Crippen LogP contribution < -0.4 is 10.6 Å². The quantitative estimate of drug-likeness (QED) is 0.688. The number of hydrogen-bond donors (Lipinski definition) is 2. The van der Waals surface area contributed by atoms with Crippen LogP contribution in [0.2, 0.25) is 0 Å². The third kappa shape index (κ3) is 4.69. The van der Waals surface area contributed by atoms with Gasteiger partial charge in [0.2, 0.25) is 5.91 Å². The Bertz CT molecular complexity index is 843. The van der Waals surface area contributed by atoms with E-state index in [4.69, 9.17) is 0 Å². The first-order valence-corrected chi connectivity index (χ1v) is 8.64. The van der Waals surface area contributed by atoms with Crippen LogP contribution in [0, 0.1) is 6.92 Å². The Balaban J connectivity index is 1.47. The first-order chi connectivity index (χ1) is 12.6. The maximum Gasteiger partial charge on any atom is 0.239 e. The highest BCUT2D eigenvalue weighted by molar-refractivity contribution is 5.81. The third-order valence-corrected chi connectivity index (χ3v) is 4.20. The van der Waals surface area contributed by atoms with Crippen molar-refractivity contribution in [2.45, 2.75) is 26.3 Å². The number of benzene rings is 2. The van der Waals surface area contributed by atoms with E-state index in [1.807, 2.05) is 43.3 Å². The molecule has 0 spiro atoms. The van der Waals surface area contributed by atoms with Crippen molar-refractivity contribution in [3.63, 3.8) is 0 Å². The Kier molecular flexibility index (Phi) is 5.63. The first kappa shape index (κ1) is 17.7. The molecule has 1 aromatic heterocycles. The molecule has 0 unspecified atom stereocenters. The fraction of sp³-hybridized carbons (Fsp3) is 0.250. The van der Waals surface area contributed by atoms with E-state index in [1.54, 1.807) is 11.0 Å². The van der Waals surface area contributed by atoms with E-state index in [1.165, 1.54) is 17.5 Å². The predicted molar refractivity (Wildman–Crippen MR) is 102 cm³/mol. The molecule has 0 saturated heterocycles. The van der Waals surface area contributed by atoms with E-state index in [2.05, 4.69) is 39.8 Å². The number of carbonyl (C=O) groups is 1. The third-order valence-electron chi connectivity index (χ3n) is 4.20. The van der Waals surface area contributed by atoms with Gasteiger partial charge in [-0.05, 0) is 55.7 Å². The summed E-state index contributed by atoms with van der Waals surface area (Å²) >= 11 is 0. The second-order valence-corrected chi connectivity index (χ2v) is 6.34. The fourth-order valence-electron chi connectivity index (χ4n) is 2.80. The molecule has 1 atom stereocenters. The molecule has 134 valence electrons. The van der Waals surface area contributed by atoms with Crippen LogP contribution in [0.3, 0.4) is 0 Å². The summed E-state index contributed by atoms with van der Waals surface area (Å²) in [5.74, 6) is -0.0218. The van der Waals surface area contributed by atoms with Crippen LogP contribution in [0.25, 0.3) is 5.69 Å². The minimum atomic E-state index is -0.0218. The number of nitrogens with zero attached hydrogens (tertiary/aromatic N) is 3. The van der Waals surface area contributed by atoms with Crippen LogP contribution >= 0.6 is 0 Å². The zero-order valence-corrected chi connectivity index (χ0v) is 15.0. The minimum absolute atomic E-state index is 0.0218. The smallest absolute Gasteiger partial charge is 0.239 e. The molecule has 26 heavy (non-hydrogen) atoms. The van der Waals surface area contributed by atoms with Gasteiger partial charge >= 0.3 is 0 Å². The van der Waals surface area contributed by atoms with Crippen molar-refractivity contribution in [3.8, 4) is 5.69 Å². The van der Waals surface area contributed by atoms with Gasteiger partial charge in [-0.15, -0.1) is 0 Å². The molecule has 2 N–H and O–H groups in total. The molecule has 3 rings (SSSR count). The van der Waals surface area contributed by atoms with Crippen molar-refractivity contribution in [1.29, 1.82) is 0 Å². The number of carbonyl (C=O) groups excluding carboxylic acids is 1. The maximum absolute atomic E-state index is 12.2. The summed E-state index contributed by atoms with van der Waals surface area (Å²) in [6.45, 7) is 4.35. The number of aryl methyl sites for hydroxylation is 1.